The number of hydrogen-bond donors (Lipinski definition) is 0. The fourth-order valence-corrected chi connectivity index (χ4v) is 7.54. The largest absolute Gasteiger partial charge is 0.466 e. The quantitative estimate of drug-likeness (QED) is 0.0384. The second-order valence-electron chi connectivity index (χ2n) is 16.1. The van der Waals surface area contributed by atoms with Gasteiger partial charge in [-0.3, -0.25) is 14.4 Å². The lowest BCUT2D eigenvalue weighted by molar-refractivity contribution is -0.150. The van der Waals surface area contributed by atoms with Crippen molar-refractivity contribution in [2.75, 3.05) is 33.9 Å². The molecule has 0 radical (unpaired) electrons. The molecule has 0 aromatic heterocycles. The van der Waals surface area contributed by atoms with Crippen LogP contribution in [0.5, 0.6) is 0 Å². The third-order valence-corrected chi connectivity index (χ3v) is 10.4. The van der Waals surface area contributed by atoms with Crippen LogP contribution in [0, 0.1) is 11.3 Å². The van der Waals surface area contributed by atoms with Crippen LogP contribution in [-0.4, -0.2) is 56.7 Å². The van der Waals surface area contributed by atoms with Crippen LogP contribution in [0.25, 0.3) is 0 Å². The van der Waals surface area contributed by atoms with Crippen molar-refractivity contribution in [1.82, 2.24) is 4.90 Å². The van der Waals surface area contributed by atoms with Crippen LogP contribution in [0.1, 0.15) is 193 Å². The van der Waals surface area contributed by atoms with Crippen LogP contribution in [0.15, 0.2) is 30.3 Å². The Bertz CT molecular complexity index is 1030. The molecule has 7 nitrogen and oxygen atoms in total. The Morgan fingerprint density at radius 2 is 1.13 bits per heavy atom. The smallest absolute Gasteiger partial charge is 0.306 e. The van der Waals surface area contributed by atoms with Crippen molar-refractivity contribution >= 4 is 17.9 Å². The van der Waals surface area contributed by atoms with Crippen molar-refractivity contribution in [1.29, 1.82) is 0 Å². The van der Waals surface area contributed by atoms with Crippen molar-refractivity contribution < 1.29 is 28.6 Å². The van der Waals surface area contributed by atoms with Crippen LogP contribution in [0.2, 0.25) is 0 Å². The molecule has 306 valence electrons. The molecule has 0 heterocycles. The maximum atomic E-state index is 13.5. The highest BCUT2D eigenvalue weighted by molar-refractivity contribution is 5.70. The van der Waals surface area contributed by atoms with Gasteiger partial charge in [0.05, 0.1) is 19.6 Å². The minimum atomic E-state index is -0.243. The monoisotopic (exact) mass is 744 g/mol. The average molecular weight is 744 g/mol. The number of rotatable bonds is 36. The van der Waals surface area contributed by atoms with Crippen LogP contribution in [0.4, 0.5) is 0 Å². The highest BCUT2D eigenvalue weighted by Gasteiger charge is 2.36. The fourth-order valence-electron chi connectivity index (χ4n) is 7.54. The van der Waals surface area contributed by atoms with Crippen LogP contribution in [-0.2, 0) is 35.2 Å². The minimum absolute atomic E-state index is 0.0720. The van der Waals surface area contributed by atoms with Crippen LogP contribution >= 0.6 is 0 Å². The molecule has 2 atom stereocenters. The van der Waals surface area contributed by atoms with Gasteiger partial charge in [-0.2, -0.15) is 0 Å². The van der Waals surface area contributed by atoms with E-state index in [-0.39, 0.29) is 29.2 Å². The van der Waals surface area contributed by atoms with Gasteiger partial charge in [0.15, 0.2) is 0 Å². The van der Waals surface area contributed by atoms with Gasteiger partial charge in [0.2, 0.25) is 0 Å². The lowest BCUT2D eigenvalue weighted by atomic mass is 9.71. The molecule has 0 aliphatic heterocycles. The molecule has 0 aliphatic carbocycles. The first-order chi connectivity index (χ1) is 25.7. The SMILES string of the molecule is CCCCCCCCC(CC(=O)OCc1ccccc1)(CC(CCCCCC)COC(=O)CCCCCCCOC(=O)CCCCCCC)CN(C)C. The standard InChI is InChI=1S/C46H81NO6/c1-6-9-12-15-19-27-34-46(40-47(4)5,37-45(50)53-38-41-29-23-21-24-30-41)36-42(31-22-14-11-8-3)39-52-44(49)33-26-18-16-20-28-35-51-43(48)32-25-17-13-10-7-2/h21,23-24,29-30,42H,6-20,22,25-28,31-40H2,1-5H3. The Labute approximate surface area is 326 Å². The summed E-state index contributed by atoms with van der Waals surface area (Å²) in [5.41, 5.74) is 0.757. The first-order valence-corrected chi connectivity index (χ1v) is 21.9. The summed E-state index contributed by atoms with van der Waals surface area (Å²) in [5.74, 6) is -0.124. The van der Waals surface area contributed by atoms with Gasteiger partial charge in [0.1, 0.15) is 6.61 Å². The molecule has 0 spiro atoms. The Morgan fingerprint density at radius 1 is 0.604 bits per heavy atom. The molecule has 7 heteroatoms. The summed E-state index contributed by atoms with van der Waals surface area (Å²) in [4.78, 5) is 40.6. The van der Waals surface area contributed by atoms with Gasteiger partial charge in [-0.25, -0.2) is 0 Å². The topological polar surface area (TPSA) is 82.1 Å². The average Bonchev–Trinajstić information content (AvgIpc) is 3.14. The van der Waals surface area contributed by atoms with E-state index in [1.807, 2.05) is 30.3 Å². The number of carbonyl (C=O) groups is 3. The van der Waals surface area contributed by atoms with Crippen molar-refractivity contribution in [2.45, 2.75) is 194 Å². The van der Waals surface area contributed by atoms with E-state index in [0.29, 0.717) is 39.1 Å². The number of hydrogen-bond acceptors (Lipinski definition) is 7. The molecule has 0 bridgehead atoms. The molecule has 0 fully saturated rings. The maximum absolute atomic E-state index is 13.5. The summed E-state index contributed by atoms with van der Waals surface area (Å²) < 4.78 is 17.3. The lowest BCUT2D eigenvalue weighted by Crippen LogP contribution is -2.39. The van der Waals surface area contributed by atoms with E-state index < -0.39 is 0 Å². The Morgan fingerprint density at radius 3 is 1.74 bits per heavy atom. The summed E-state index contributed by atoms with van der Waals surface area (Å²) in [5, 5.41) is 0. The second kappa shape index (κ2) is 33.0. The lowest BCUT2D eigenvalue weighted by Gasteiger charge is -2.38. The molecule has 0 aliphatic rings. The first-order valence-electron chi connectivity index (χ1n) is 21.9. The zero-order valence-corrected chi connectivity index (χ0v) is 35.1. The van der Waals surface area contributed by atoms with Crippen molar-refractivity contribution in [3.63, 3.8) is 0 Å². The Balaban J connectivity index is 2.73. The zero-order chi connectivity index (χ0) is 38.8. The summed E-state index contributed by atoms with van der Waals surface area (Å²) >= 11 is 0. The molecule has 1 aromatic rings. The molecule has 0 amide bonds. The summed E-state index contributed by atoms with van der Waals surface area (Å²) in [7, 11) is 4.20. The van der Waals surface area contributed by atoms with Gasteiger partial charge < -0.3 is 19.1 Å². The van der Waals surface area contributed by atoms with Gasteiger partial charge in [0.25, 0.3) is 0 Å². The van der Waals surface area contributed by atoms with Crippen molar-refractivity contribution in [3.8, 4) is 0 Å². The van der Waals surface area contributed by atoms with Crippen molar-refractivity contribution in [2.24, 2.45) is 11.3 Å². The Kier molecular flexibility index (Phi) is 30.2. The number of esters is 3. The number of nitrogens with zero attached hydrogens (tertiary/aromatic N) is 1. The number of carbonyl (C=O) groups excluding carboxylic acids is 3. The minimum Gasteiger partial charge on any atom is -0.466 e. The number of benzene rings is 1. The molecule has 2 unspecified atom stereocenters. The number of unbranched alkanes of at least 4 members (excludes halogenated alkanes) is 16. The van der Waals surface area contributed by atoms with Gasteiger partial charge in [-0.1, -0.05) is 160 Å². The maximum Gasteiger partial charge on any atom is 0.306 e. The second-order valence-corrected chi connectivity index (χ2v) is 16.1. The third-order valence-electron chi connectivity index (χ3n) is 10.4. The van der Waals surface area contributed by atoms with E-state index in [1.54, 1.807) is 0 Å². The van der Waals surface area contributed by atoms with Gasteiger partial charge in [-0.15, -0.1) is 0 Å². The van der Waals surface area contributed by atoms with Gasteiger partial charge in [-0.05, 0) is 69.5 Å². The highest BCUT2D eigenvalue weighted by Crippen LogP contribution is 2.39. The van der Waals surface area contributed by atoms with Gasteiger partial charge in [0, 0.05) is 19.4 Å². The van der Waals surface area contributed by atoms with E-state index in [1.165, 1.54) is 70.6 Å². The van der Waals surface area contributed by atoms with E-state index in [9.17, 15) is 14.4 Å². The van der Waals surface area contributed by atoms with Gasteiger partial charge >= 0.3 is 17.9 Å². The summed E-state index contributed by atoms with van der Waals surface area (Å²) in [6.45, 7) is 8.68. The first kappa shape index (κ1) is 48.6. The van der Waals surface area contributed by atoms with E-state index in [4.69, 9.17) is 14.2 Å². The zero-order valence-electron chi connectivity index (χ0n) is 35.1. The highest BCUT2D eigenvalue weighted by atomic mass is 16.5. The molecule has 0 N–H and O–H groups in total. The molecule has 1 rings (SSSR count). The van der Waals surface area contributed by atoms with Crippen LogP contribution < -0.4 is 0 Å². The van der Waals surface area contributed by atoms with E-state index in [0.717, 1.165) is 89.2 Å². The predicted octanol–water partition coefficient (Wildman–Crippen LogP) is 12.2. The van der Waals surface area contributed by atoms with Crippen molar-refractivity contribution in [3.05, 3.63) is 35.9 Å². The molecular weight excluding hydrogens is 663 g/mol. The number of ether oxygens (including phenoxy) is 3. The normalized spacial score (nSPS) is 13.1. The fraction of sp³-hybridized carbons (Fsp3) is 0.804. The molecule has 1 aromatic carbocycles. The molecular formula is C46H81NO6. The summed E-state index contributed by atoms with van der Waals surface area (Å²) in [6, 6.07) is 9.91. The third kappa shape index (κ3) is 27.8. The molecule has 0 saturated heterocycles. The van der Waals surface area contributed by atoms with Crippen LogP contribution in [0.3, 0.4) is 0 Å². The van der Waals surface area contributed by atoms with E-state index in [2.05, 4.69) is 39.8 Å². The molecule has 53 heavy (non-hydrogen) atoms. The predicted molar refractivity (Wildman–Crippen MR) is 220 cm³/mol. The summed E-state index contributed by atoms with van der Waals surface area (Å²) in [6.07, 6.45) is 26.4. The Hall–Kier alpha value is -2.41. The van der Waals surface area contributed by atoms with E-state index >= 15 is 0 Å². The molecule has 0 saturated carbocycles.